The highest BCUT2D eigenvalue weighted by Crippen LogP contribution is 2.19. The highest BCUT2D eigenvalue weighted by atomic mass is 32.2. The minimum Gasteiger partial charge on any atom is -0.354 e. The number of aromatic nitrogens is 1. The fourth-order valence-electron chi connectivity index (χ4n) is 3.06. The van der Waals surface area contributed by atoms with Gasteiger partial charge in [-0.1, -0.05) is 0 Å². The summed E-state index contributed by atoms with van der Waals surface area (Å²) in [5.74, 6) is 0.497. The molecule has 1 aliphatic heterocycles. The second-order valence-electron chi connectivity index (χ2n) is 6.77. The SMILES string of the molecule is CS(=O)(=O)Nc1ccc(C(=O)CN2CCN(c3cc([N+](=O)[O-])ccn3)CC2)cc1. The summed E-state index contributed by atoms with van der Waals surface area (Å²) in [7, 11) is -3.36. The molecule has 154 valence electrons. The number of sulfonamides is 1. The average molecular weight is 419 g/mol. The molecule has 3 rings (SSSR count). The van der Waals surface area contributed by atoms with Crippen LogP contribution in [0.15, 0.2) is 42.6 Å². The Bertz CT molecular complexity index is 1000. The molecule has 0 amide bonds. The van der Waals surface area contributed by atoms with Gasteiger partial charge >= 0.3 is 0 Å². The second-order valence-corrected chi connectivity index (χ2v) is 8.52. The average Bonchev–Trinajstić information content (AvgIpc) is 2.68. The van der Waals surface area contributed by atoms with Crippen molar-refractivity contribution in [2.24, 2.45) is 0 Å². The van der Waals surface area contributed by atoms with Gasteiger partial charge in [-0.05, 0) is 24.3 Å². The molecule has 0 atom stereocenters. The van der Waals surface area contributed by atoms with E-state index in [9.17, 15) is 23.3 Å². The smallest absolute Gasteiger partial charge is 0.274 e. The fourth-order valence-corrected chi connectivity index (χ4v) is 3.63. The first-order valence-electron chi connectivity index (χ1n) is 8.90. The Balaban J connectivity index is 1.54. The van der Waals surface area contributed by atoms with Crippen LogP contribution >= 0.6 is 0 Å². The molecule has 1 aromatic heterocycles. The van der Waals surface area contributed by atoms with Gasteiger partial charge in [0.2, 0.25) is 10.0 Å². The van der Waals surface area contributed by atoms with Crippen molar-refractivity contribution in [3.8, 4) is 0 Å². The van der Waals surface area contributed by atoms with Gasteiger partial charge in [-0.3, -0.25) is 24.5 Å². The summed E-state index contributed by atoms with van der Waals surface area (Å²) < 4.78 is 24.8. The molecular formula is C18H21N5O5S. The molecule has 0 spiro atoms. The maximum absolute atomic E-state index is 12.5. The van der Waals surface area contributed by atoms with Crippen LogP contribution in [-0.4, -0.2) is 68.0 Å². The highest BCUT2D eigenvalue weighted by Gasteiger charge is 2.21. The van der Waals surface area contributed by atoms with Gasteiger partial charge in [0.15, 0.2) is 5.78 Å². The molecule has 1 aromatic carbocycles. The second kappa shape index (κ2) is 8.53. The van der Waals surface area contributed by atoms with Gasteiger partial charge in [0.05, 0.1) is 23.8 Å². The number of Topliss-reactive ketones (excluding diaryl/α,β-unsaturated/α-hetero) is 1. The molecule has 2 heterocycles. The monoisotopic (exact) mass is 419 g/mol. The number of nitro groups is 1. The van der Waals surface area contributed by atoms with Crippen molar-refractivity contribution in [3.63, 3.8) is 0 Å². The van der Waals surface area contributed by atoms with Crippen LogP contribution in [0, 0.1) is 10.1 Å². The lowest BCUT2D eigenvalue weighted by Crippen LogP contribution is -2.48. The van der Waals surface area contributed by atoms with Gasteiger partial charge in [-0.2, -0.15) is 0 Å². The van der Waals surface area contributed by atoms with E-state index in [1.54, 1.807) is 24.3 Å². The van der Waals surface area contributed by atoms with Crippen LogP contribution in [0.25, 0.3) is 0 Å². The molecule has 1 saturated heterocycles. The molecule has 10 nitrogen and oxygen atoms in total. The maximum Gasteiger partial charge on any atom is 0.274 e. The van der Waals surface area contributed by atoms with Crippen LogP contribution in [0.4, 0.5) is 17.2 Å². The molecule has 0 bridgehead atoms. The standard InChI is InChI=1S/C18H21N5O5S/c1-29(27,28)20-15-4-2-14(3-5-15)17(24)13-21-8-10-22(11-9-21)18-12-16(23(25)26)6-7-19-18/h2-7,12,20H,8-11,13H2,1H3. The molecule has 11 heteroatoms. The molecule has 29 heavy (non-hydrogen) atoms. The van der Waals surface area contributed by atoms with E-state index >= 15 is 0 Å². The van der Waals surface area contributed by atoms with Crippen LogP contribution in [0.1, 0.15) is 10.4 Å². The summed E-state index contributed by atoms with van der Waals surface area (Å²) in [4.78, 5) is 31.1. The summed E-state index contributed by atoms with van der Waals surface area (Å²) in [5.41, 5.74) is 0.912. The van der Waals surface area contributed by atoms with Crippen LogP contribution in [0.5, 0.6) is 0 Å². The number of piperazine rings is 1. The van der Waals surface area contributed by atoms with Crippen molar-refractivity contribution < 1.29 is 18.1 Å². The van der Waals surface area contributed by atoms with E-state index in [1.165, 1.54) is 18.3 Å². The first-order chi connectivity index (χ1) is 13.7. The van der Waals surface area contributed by atoms with Gasteiger partial charge in [0.25, 0.3) is 5.69 Å². The first kappa shape index (κ1) is 20.7. The van der Waals surface area contributed by atoms with E-state index in [2.05, 4.69) is 9.71 Å². The predicted molar refractivity (Wildman–Crippen MR) is 109 cm³/mol. The molecular weight excluding hydrogens is 398 g/mol. The molecule has 1 fully saturated rings. The van der Waals surface area contributed by atoms with E-state index in [0.717, 1.165) is 6.26 Å². The molecule has 2 aromatic rings. The van der Waals surface area contributed by atoms with Gasteiger partial charge < -0.3 is 4.90 Å². The molecule has 0 saturated carbocycles. The predicted octanol–water partition coefficient (Wildman–Crippen LogP) is 1.37. The summed E-state index contributed by atoms with van der Waals surface area (Å²) in [6.45, 7) is 2.72. The Labute approximate surface area is 168 Å². The van der Waals surface area contributed by atoms with Crippen LogP contribution in [0.3, 0.4) is 0 Å². The van der Waals surface area contributed by atoms with Crippen LogP contribution in [0.2, 0.25) is 0 Å². The minimum absolute atomic E-state index is 0.00131. The van der Waals surface area contributed by atoms with Crippen LogP contribution < -0.4 is 9.62 Å². The van der Waals surface area contributed by atoms with Crippen LogP contribution in [-0.2, 0) is 10.0 Å². The summed E-state index contributed by atoms with van der Waals surface area (Å²) in [6.07, 6.45) is 2.49. The van der Waals surface area contributed by atoms with E-state index in [-0.39, 0.29) is 18.0 Å². The van der Waals surface area contributed by atoms with Crippen molar-refractivity contribution in [2.75, 3.05) is 48.6 Å². The van der Waals surface area contributed by atoms with Crippen molar-refractivity contribution in [2.45, 2.75) is 0 Å². The number of pyridine rings is 1. The quantitative estimate of drug-likeness (QED) is 0.405. The molecule has 0 aliphatic carbocycles. The summed E-state index contributed by atoms with van der Waals surface area (Å²) in [6, 6.07) is 9.11. The zero-order valence-electron chi connectivity index (χ0n) is 15.8. The highest BCUT2D eigenvalue weighted by molar-refractivity contribution is 7.92. The third kappa shape index (κ3) is 5.72. The number of nitrogens with one attached hydrogen (secondary N) is 1. The Morgan fingerprint density at radius 1 is 1.17 bits per heavy atom. The maximum atomic E-state index is 12.5. The Kier molecular flexibility index (Phi) is 6.09. The number of rotatable bonds is 7. The number of nitrogens with zero attached hydrogens (tertiary/aromatic N) is 4. The lowest BCUT2D eigenvalue weighted by Gasteiger charge is -2.34. The number of hydrogen-bond donors (Lipinski definition) is 1. The first-order valence-corrected chi connectivity index (χ1v) is 10.8. The Morgan fingerprint density at radius 3 is 2.41 bits per heavy atom. The van der Waals surface area contributed by atoms with E-state index < -0.39 is 14.9 Å². The zero-order valence-corrected chi connectivity index (χ0v) is 16.6. The number of benzene rings is 1. The van der Waals surface area contributed by atoms with Crippen molar-refractivity contribution in [1.82, 2.24) is 9.88 Å². The van der Waals surface area contributed by atoms with E-state index in [4.69, 9.17) is 0 Å². The van der Waals surface area contributed by atoms with Crippen molar-refractivity contribution in [1.29, 1.82) is 0 Å². The Morgan fingerprint density at radius 2 is 1.83 bits per heavy atom. The largest absolute Gasteiger partial charge is 0.354 e. The van der Waals surface area contributed by atoms with Gasteiger partial charge in [-0.15, -0.1) is 0 Å². The number of hydrogen-bond acceptors (Lipinski definition) is 8. The van der Waals surface area contributed by atoms with Gasteiger partial charge in [0.1, 0.15) is 5.82 Å². The summed E-state index contributed by atoms with van der Waals surface area (Å²) >= 11 is 0. The van der Waals surface area contributed by atoms with Gasteiger partial charge in [-0.25, -0.2) is 13.4 Å². The lowest BCUT2D eigenvalue weighted by atomic mass is 10.1. The number of ketones is 1. The van der Waals surface area contributed by atoms with Crippen molar-refractivity contribution >= 4 is 33.0 Å². The third-order valence-corrected chi connectivity index (χ3v) is 5.12. The van der Waals surface area contributed by atoms with E-state index in [1.807, 2.05) is 9.80 Å². The fraction of sp³-hybridized carbons (Fsp3) is 0.333. The normalized spacial score (nSPS) is 15.1. The molecule has 0 radical (unpaired) electrons. The minimum atomic E-state index is -3.36. The zero-order chi connectivity index (χ0) is 21.0. The number of carbonyl (C=O) groups excluding carboxylic acids is 1. The topological polar surface area (TPSA) is 126 Å². The van der Waals surface area contributed by atoms with Crippen molar-refractivity contribution in [3.05, 3.63) is 58.3 Å². The van der Waals surface area contributed by atoms with Gasteiger partial charge in [0, 0.05) is 49.7 Å². The third-order valence-electron chi connectivity index (χ3n) is 4.51. The Hall–Kier alpha value is -3.05. The molecule has 1 aliphatic rings. The molecule has 0 unspecified atom stereocenters. The number of carbonyl (C=O) groups is 1. The van der Waals surface area contributed by atoms with E-state index in [0.29, 0.717) is 43.2 Å². The number of anilines is 2. The molecule has 1 N–H and O–H groups in total. The lowest BCUT2D eigenvalue weighted by molar-refractivity contribution is -0.384. The summed E-state index contributed by atoms with van der Waals surface area (Å²) in [5, 5.41) is 10.9.